The Hall–Kier alpha value is -2.69. The van der Waals surface area contributed by atoms with Crippen molar-refractivity contribution in [2.75, 3.05) is 19.7 Å². The van der Waals surface area contributed by atoms with Crippen LogP contribution in [-0.4, -0.2) is 52.5 Å². The summed E-state index contributed by atoms with van der Waals surface area (Å²) in [6.07, 6.45) is 3.89. The highest BCUT2D eigenvalue weighted by Crippen LogP contribution is 2.18. The van der Waals surface area contributed by atoms with Gasteiger partial charge in [-0.2, -0.15) is 5.26 Å². The number of piperidine rings is 1. The van der Waals surface area contributed by atoms with E-state index in [0.29, 0.717) is 19.4 Å². The summed E-state index contributed by atoms with van der Waals surface area (Å²) >= 11 is 0. The molecule has 0 radical (unpaired) electrons. The molecule has 2 heterocycles. The lowest BCUT2D eigenvalue weighted by molar-refractivity contribution is -0.161. The predicted octanol–water partition coefficient (Wildman–Crippen LogP) is 0.281. The molecular weight excluding hydrogens is 288 g/mol. The zero-order chi connectivity index (χ0) is 15.9. The van der Waals surface area contributed by atoms with Crippen molar-refractivity contribution in [1.29, 1.82) is 5.26 Å². The number of hydrogen-bond donors (Lipinski definition) is 0. The molecule has 1 unspecified atom stereocenters. The molecule has 0 spiro atoms. The van der Waals surface area contributed by atoms with Crippen molar-refractivity contribution in [2.45, 2.75) is 25.9 Å². The molecule has 0 bridgehead atoms. The predicted molar refractivity (Wildman–Crippen MR) is 73.6 cm³/mol. The number of nitrogens with zero attached hydrogens (tertiary/aromatic N) is 4. The first kappa shape index (κ1) is 15.7. The van der Waals surface area contributed by atoms with Crippen molar-refractivity contribution in [3.63, 3.8) is 0 Å². The Morgan fingerprint density at radius 1 is 1.45 bits per heavy atom. The smallest absolute Gasteiger partial charge is 0.397 e. The average molecular weight is 304 g/mol. The fourth-order valence-corrected chi connectivity index (χ4v) is 2.19. The molecule has 1 aliphatic heterocycles. The fraction of sp³-hybridized carbons (Fsp3) is 0.500. The summed E-state index contributed by atoms with van der Waals surface area (Å²) < 4.78 is 10.4. The van der Waals surface area contributed by atoms with Gasteiger partial charge in [0.25, 0.3) is 5.88 Å². The van der Waals surface area contributed by atoms with E-state index in [9.17, 15) is 9.59 Å². The maximum absolute atomic E-state index is 11.9. The Kier molecular flexibility index (Phi) is 5.25. The Morgan fingerprint density at radius 2 is 2.23 bits per heavy atom. The molecule has 1 amide bonds. The van der Waals surface area contributed by atoms with Crippen molar-refractivity contribution in [3.8, 4) is 11.9 Å². The van der Waals surface area contributed by atoms with Crippen molar-refractivity contribution in [1.82, 2.24) is 14.9 Å². The second-order valence-electron chi connectivity index (χ2n) is 4.68. The molecular formula is C14H16N4O4. The monoisotopic (exact) mass is 304 g/mol. The van der Waals surface area contributed by atoms with E-state index in [4.69, 9.17) is 14.7 Å². The Balaban J connectivity index is 2.00. The minimum atomic E-state index is -0.861. The van der Waals surface area contributed by atoms with E-state index < -0.39 is 11.9 Å². The van der Waals surface area contributed by atoms with Gasteiger partial charge in [-0.05, 0) is 19.8 Å². The van der Waals surface area contributed by atoms with Crippen LogP contribution >= 0.6 is 0 Å². The summed E-state index contributed by atoms with van der Waals surface area (Å²) in [4.78, 5) is 32.7. The Morgan fingerprint density at radius 3 is 2.95 bits per heavy atom. The largest absolute Gasteiger partial charge is 0.470 e. The fourth-order valence-electron chi connectivity index (χ4n) is 2.19. The number of esters is 1. The molecule has 116 valence electrons. The van der Waals surface area contributed by atoms with Gasteiger partial charge >= 0.3 is 11.9 Å². The summed E-state index contributed by atoms with van der Waals surface area (Å²) in [5.74, 6) is -1.39. The summed E-state index contributed by atoms with van der Waals surface area (Å²) in [5.41, 5.74) is 0.0938. The third-order valence-corrected chi connectivity index (χ3v) is 3.16. The zero-order valence-corrected chi connectivity index (χ0v) is 12.2. The number of likely N-dealkylation sites (tertiary alicyclic amines) is 1. The number of ether oxygens (including phenoxy) is 2. The van der Waals surface area contributed by atoms with Crippen molar-refractivity contribution < 1.29 is 19.1 Å². The topological polar surface area (TPSA) is 105 Å². The number of rotatable bonds is 3. The average Bonchev–Trinajstić information content (AvgIpc) is 2.55. The van der Waals surface area contributed by atoms with Crippen LogP contribution in [0.1, 0.15) is 25.5 Å². The van der Waals surface area contributed by atoms with E-state index in [1.165, 1.54) is 17.3 Å². The number of nitriles is 1. The van der Waals surface area contributed by atoms with Crippen LogP contribution in [0.5, 0.6) is 5.88 Å². The van der Waals surface area contributed by atoms with Gasteiger partial charge in [-0.15, -0.1) is 0 Å². The van der Waals surface area contributed by atoms with Crippen LogP contribution in [0.3, 0.4) is 0 Å². The number of carbonyl (C=O) groups is 2. The maximum Gasteiger partial charge on any atom is 0.397 e. The van der Waals surface area contributed by atoms with Gasteiger partial charge in [-0.1, -0.05) is 0 Å². The molecule has 1 aromatic rings. The van der Waals surface area contributed by atoms with E-state index >= 15 is 0 Å². The van der Waals surface area contributed by atoms with E-state index in [1.807, 2.05) is 6.07 Å². The molecule has 2 rings (SSSR count). The SMILES string of the molecule is CCOC(=O)C(=O)N1CCCC(Oc2nccnc2C#N)C1. The quantitative estimate of drug-likeness (QED) is 0.583. The van der Waals surface area contributed by atoms with Gasteiger partial charge in [0.05, 0.1) is 13.2 Å². The lowest BCUT2D eigenvalue weighted by Crippen LogP contribution is -2.47. The van der Waals surface area contributed by atoms with Crippen LogP contribution in [0.15, 0.2) is 12.4 Å². The highest BCUT2D eigenvalue weighted by Gasteiger charge is 2.30. The summed E-state index contributed by atoms with van der Waals surface area (Å²) in [6.45, 7) is 2.52. The second-order valence-corrected chi connectivity index (χ2v) is 4.68. The van der Waals surface area contributed by atoms with Crippen molar-refractivity contribution >= 4 is 11.9 Å². The minimum Gasteiger partial charge on any atom is -0.470 e. The first-order chi connectivity index (χ1) is 10.7. The van der Waals surface area contributed by atoms with Crippen LogP contribution in [0.4, 0.5) is 0 Å². The summed E-state index contributed by atoms with van der Waals surface area (Å²) in [5, 5.41) is 8.96. The number of amides is 1. The molecule has 0 aromatic carbocycles. The molecule has 1 aliphatic rings. The van der Waals surface area contributed by atoms with Gasteiger partial charge in [-0.3, -0.25) is 4.79 Å². The minimum absolute atomic E-state index is 0.0938. The highest BCUT2D eigenvalue weighted by atomic mass is 16.5. The standard InChI is InChI=1S/C14H16N4O4/c1-2-21-14(20)13(19)18-7-3-4-10(9-18)22-12-11(8-15)16-5-6-17-12/h5-6,10H,2-4,7,9H2,1H3. The van der Waals surface area contributed by atoms with Crippen LogP contribution < -0.4 is 4.74 Å². The van der Waals surface area contributed by atoms with Gasteiger partial charge in [0.2, 0.25) is 5.69 Å². The van der Waals surface area contributed by atoms with Gasteiger partial charge in [0.1, 0.15) is 12.2 Å². The van der Waals surface area contributed by atoms with Gasteiger partial charge in [0, 0.05) is 18.9 Å². The van der Waals surface area contributed by atoms with Crippen molar-refractivity contribution in [3.05, 3.63) is 18.1 Å². The molecule has 0 saturated carbocycles. The Labute approximate surface area is 127 Å². The van der Waals surface area contributed by atoms with Crippen molar-refractivity contribution in [2.24, 2.45) is 0 Å². The van der Waals surface area contributed by atoms with Gasteiger partial charge in [0.15, 0.2) is 0 Å². The molecule has 1 fully saturated rings. The van der Waals surface area contributed by atoms with Crippen LogP contribution in [0.25, 0.3) is 0 Å². The zero-order valence-electron chi connectivity index (χ0n) is 12.2. The molecule has 1 atom stereocenters. The normalized spacial score (nSPS) is 17.5. The highest BCUT2D eigenvalue weighted by molar-refractivity contribution is 6.32. The Bertz CT molecular complexity index is 599. The number of hydrogen-bond acceptors (Lipinski definition) is 7. The molecule has 0 aliphatic carbocycles. The van der Waals surface area contributed by atoms with Crippen LogP contribution in [-0.2, 0) is 14.3 Å². The molecule has 0 N–H and O–H groups in total. The first-order valence-electron chi connectivity index (χ1n) is 6.99. The van der Waals surface area contributed by atoms with E-state index in [0.717, 1.165) is 0 Å². The third kappa shape index (κ3) is 3.69. The third-order valence-electron chi connectivity index (χ3n) is 3.16. The molecule has 1 saturated heterocycles. The summed E-state index contributed by atoms with van der Waals surface area (Å²) in [6, 6.07) is 1.90. The molecule has 8 nitrogen and oxygen atoms in total. The van der Waals surface area contributed by atoms with Crippen LogP contribution in [0.2, 0.25) is 0 Å². The summed E-state index contributed by atoms with van der Waals surface area (Å²) in [7, 11) is 0. The van der Waals surface area contributed by atoms with E-state index in [-0.39, 0.29) is 30.8 Å². The van der Waals surface area contributed by atoms with Gasteiger partial charge in [-0.25, -0.2) is 14.8 Å². The lowest BCUT2D eigenvalue weighted by atomic mass is 10.1. The van der Waals surface area contributed by atoms with E-state index in [1.54, 1.807) is 6.92 Å². The van der Waals surface area contributed by atoms with Gasteiger partial charge < -0.3 is 14.4 Å². The maximum atomic E-state index is 11.9. The number of aromatic nitrogens is 2. The molecule has 1 aromatic heterocycles. The van der Waals surface area contributed by atoms with Crippen LogP contribution in [0, 0.1) is 11.3 Å². The first-order valence-corrected chi connectivity index (χ1v) is 6.99. The lowest BCUT2D eigenvalue weighted by Gasteiger charge is -2.31. The second kappa shape index (κ2) is 7.36. The molecule has 22 heavy (non-hydrogen) atoms. The van der Waals surface area contributed by atoms with E-state index in [2.05, 4.69) is 9.97 Å². The molecule has 8 heteroatoms. The number of carbonyl (C=O) groups excluding carboxylic acids is 2.